The molecule has 0 aliphatic carbocycles. The van der Waals surface area contributed by atoms with Gasteiger partial charge in [-0.2, -0.15) is 0 Å². The zero-order chi connectivity index (χ0) is 16.1. The minimum atomic E-state index is -0.137. The van der Waals surface area contributed by atoms with Crippen LogP contribution in [-0.4, -0.2) is 15.9 Å². The predicted octanol–water partition coefficient (Wildman–Crippen LogP) is 3.78. The summed E-state index contributed by atoms with van der Waals surface area (Å²) < 4.78 is 0. The summed E-state index contributed by atoms with van der Waals surface area (Å²) >= 11 is 0. The first-order valence-corrected chi connectivity index (χ1v) is 7.22. The molecule has 23 heavy (non-hydrogen) atoms. The highest BCUT2D eigenvalue weighted by molar-refractivity contribution is 6.04. The predicted molar refractivity (Wildman–Crippen MR) is 90.9 cm³/mol. The molecule has 3 rings (SSSR count). The molecule has 1 aromatic heterocycles. The fourth-order valence-electron chi connectivity index (χ4n) is 2.13. The lowest BCUT2D eigenvalue weighted by Gasteiger charge is -2.12. The number of rotatable bonds is 4. The molecule has 114 valence electrons. The van der Waals surface area contributed by atoms with Crippen LogP contribution >= 0.6 is 0 Å². The molecule has 0 unspecified atom stereocenters. The molecule has 5 nitrogen and oxygen atoms in total. The van der Waals surface area contributed by atoms with Crippen LogP contribution in [0.4, 0.5) is 17.2 Å². The van der Waals surface area contributed by atoms with Crippen molar-refractivity contribution in [2.24, 2.45) is 0 Å². The summed E-state index contributed by atoms with van der Waals surface area (Å²) in [4.78, 5) is 20.3. The number of anilines is 3. The molecular formula is C18H16N4O. The van der Waals surface area contributed by atoms with Crippen molar-refractivity contribution in [1.82, 2.24) is 9.97 Å². The second kappa shape index (κ2) is 6.70. The van der Waals surface area contributed by atoms with Crippen molar-refractivity contribution in [1.29, 1.82) is 0 Å². The van der Waals surface area contributed by atoms with E-state index in [1.165, 1.54) is 6.33 Å². The molecule has 0 saturated carbocycles. The summed E-state index contributed by atoms with van der Waals surface area (Å²) in [6.07, 6.45) is 3.16. The van der Waals surface area contributed by atoms with Crippen LogP contribution in [0.15, 0.2) is 67.1 Å². The van der Waals surface area contributed by atoms with Crippen molar-refractivity contribution < 1.29 is 4.79 Å². The number of hydrogen-bond acceptors (Lipinski definition) is 4. The number of amides is 1. The van der Waals surface area contributed by atoms with Gasteiger partial charge in [0, 0.05) is 23.1 Å². The second-order valence-electron chi connectivity index (χ2n) is 5.07. The molecule has 0 atom stereocenters. The topological polar surface area (TPSA) is 66.9 Å². The summed E-state index contributed by atoms with van der Waals surface area (Å²) in [6.45, 7) is 1.99. The van der Waals surface area contributed by atoms with E-state index in [1.807, 2.05) is 43.3 Å². The van der Waals surface area contributed by atoms with Gasteiger partial charge in [0.2, 0.25) is 0 Å². The van der Waals surface area contributed by atoms with Crippen molar-refractivity contribution in [3.05, 3.63) is 78.2 Å². The fourth-order valence-corrected chi connectivity index (χ4v) is 2.13. The lowest BCUT2D eigenvalue weighted by atomic mass is 10.1. The summed E-state index contributed by atoms with van der Waals surface area (Å²) in [6, 6.07) is 16.6. The van der Waals surface area contributed by atoms with E-state index in [4.69, 9.17) is 0 Å². The maximum absolute atomic E-state index is 12.2. The van der Waals surface area contributed by atoms with Crippen LogP contribution in [0.5, 0.6) is 0 Å². The van der Waals surface area contributed by atoms with E-state index in [9.17, 15) is 4.79 Å². The van der Waals surface area contributed by atoms with E-state index in [-0.39, 0.29) is 5.91 Å². The number of benzene rings is 2. The Morgan fingerprint density at radius 1 is 1.04 bits per heavy atom. The van der Waals surface area contributed by atoms with Crippen molar-refractivity contribution in [3.63, 3.8) is 0 Å². The summed E-state index contributed by atoms with van der Waals surface area (Å²) in [7, 11) is 0. The normalized spacial score (nSPS) is 10.1. The zero-order valence-corrected chi connectivity index (χ0v) is 12.7. The van der Waals surface area contributed by atoms with Gasteiger partial charge in [-0.05, 0) is 42.8 Å². The first-order chi connectivity index (χ1) is 11.2. The van der Waals surface area contributed by atoms with E-state index in [1.54, 1.807) is 24.4 Å². The van der Waals surface area contributed by atoms with Crippen molar-refractivity contribution >= 4 is 23.1 Å². The maximum Gasteiger partial charge on any atom is 0.255 e. The van der Waals surface area contributed by atoms with E-state index < -0.39 is 0 Å². The zero-order valence-electron chi connectivity index (χ0n) is 12.7. The van der Waals surface area contributed by atoms with Crippen LogP contribution in [0.3, 0.4) is 0 Å². The number of hydrogen-bond donors (Lipinski definition) is 2. The number of nitrogens with one attached hydrogen (secondary N) is 2. The number of carbonyl (C=O) groups is 1. The third-order valence-corrected chi connectivity index (χ3v) is 3.38. The Kier molecular flexibility index (Phi) is 4.29. The third kappa shape index (κ3) is 3.71. The van der Waals surface area contributed by atoms with Gasteiger partial charge in [0.15, 0.2) is 0 Å². The van der Waals surface area contributed by atoms with Gasteiger partial charge >= 0.3 is 0 Å². The summed E-state index contributed by atoms with van der Waals surface area (Å²) in [5.41, 5.74) is 3.29. The van der Waals surface area contributed by atoms with E-state index in [0.29, 0.717) is 11.4 Å². The molecule has 5 heteroatoms. The van der Waals surface area contributed by atoms with Crippen LogP contribution < -0.4 is 10.6 Å². The standard InChI is InChI=1S/C18H16N4O/c1-13-7-8-15(21-18(23)14-5-3-2-4-6-14)11-16(13)22-17-9-10-19-12-20-17/h2-12H,1H3,(H,21,23)(H,19,20,22). The number of carbonyl (C=O) groups excluding carboxylic acids is 1. The van der Waals surface area contributed by atoms with E-state index in [0.717, 1.165) is 16.9 Å². The number of aromatic nitrogens is 2. The molecule has 0 radical (unpaired) electrons. The quantitative estimate of drug-likeness (QED) is 0.769. The highest BCUT2D eigenvalue weighted by Crippen LogP contribution is 2.23. The van der Waals surface area contributed by atoms with Crippen LogP contribution in [0, 0.1) is 6.92 Å². The Morgan fingerprint density at radius 2 is 1.87 bits per heavy atom. The van der Waals surface area contributed by atoms with Crippen LogP contribution in [-0.2, 0) is 0 Å². The highest BCUT2D eigenvalue weighted by Gasteiger charge is 2.07. The maximum atomic E-state index is 12.2. The lowest BCUT2D eigenvalue weighted by Crippen LogP contribution is -2.11. The SMILES string of the molecule is Cc1ccc(NC(=O)c2ccccc2)cc1Nc1ccncn1. The Balaban J connectivity index is 1.79. The molecule has 1 amide bonds. The van der Waals surface area contributed by atoms with E-state index in [2.05, 4.69) is 20.6 Å². The van der Waals surface area contributed by atoms with Gasteiger partial charge in [-0.1, -0.05) is 24.3 Å². The van der Waals surface area contributed by atoms with Crippen LogP contribution in [0.1, 0.15) is 15.9 Å². The van der Waals surface area contributed by atoms with Gasteiger partial charge < -0.3 is 10.6 Å². The molecule has 2 aromatic carbocycles. The van der Waals surface area contributed by atoms with Gasteiger partial charge in [0.1, 0.15) is 12.1 Å². The smallest absolute Gasteiger partial charge is 0.255 e. The molecule has 0 aliphatic rings. The van der Waals surface area contributed by atoms with Crippen molar-refractivity contribution in [2.75, 3.05) is 10.6 Å². The Labute approximate surface area is 134 Å². The first kappa shape index (κ1) is 14.7. The molecule has 0 spiro atoms. The van der Waals surface area contributed by atoms with Gasteiger partial charge in [-0.25, -0.2) is 9.97 Å². The third-order valence-electron chi connectivity index (χ3n) is 3.38. The average molecular weight is 304 g/mol. The number of nitrogens with zero attached hydrogens (tertiary/aromatic N) is 2. The largest absolute Gasteiger partial charge is 0.340 e. The minimum absolute atomic E-state index is 0.137. The second-order valence-corrected chi connectivity index (χ2v) is 5.07. The molecule has 1 heterocycles. The van der Waals surface area contributed by atoms with Gasteiger partial charge in [0.05, 0.1) is 0 Å². The van der Waals surface area contributed by atoms with E-state index >= 15 is 0 Å². The average Bonchev–Trinajstić information content (AvgIpc) is 2.59. The lowest BCUT2D eigenvalue weighted by molar-refractivity contribution is 0.102. The fraction of sp³-hybridized carbons (Fsp3) is 0.0556. The van der Waals surface area contributed by atoms with Crippen molar-refractivity contribution in [2.45, 2.75) is 6.92 Å². The Bertz CT molecular complexity index is 804. The molecule has 3 aromatic rings. The highest BCUT2D eigenvalue weighted by atomic mass is 16.1. The monoisotopic (exact) mass is 304 g/mol. The van der Waals surface area contributed by atoms with Crippen molar-refractivity contribution in [3.8, 4) is 0 Å². The van der Waals surface area contributed by atoms with Gasteiger partial charge in [0.25, 0.3) is 5.91 Å². The molecular weight excluding hydrogens is 288 g/mol. The summed E-state index contributed by atoms with van der Waals surface area (Å²) in [5, 5.41) is 6.12. The number of aryl methyl sites for hydroxylation is 1. The van der Waals surface area contributed by atoms with Crippen LogP contribution in [0.2, 0.25) is 0 Å². The minimum Gasteiger partial charge on any atom is -0.340 e. The molecule has 0 fully saturated rings. The molecule has 0 saturated heterocycles. The molecule has 0 bridgehead atoms. The van der Waals surface area contributed by atoms with Gasteiger partial charge in [-0.15, -0.1) is 0 Å². The van der Waals surface area contributed by atoms with Gasteiger partial charge in [-0.3, -0.25) is 4.79 Å². The molecule has 0 aliphatic heterocycles. The first-order valence-electron chi connectivity index (χ1n) is 7.22. The van der Waals surface area contributed by atoms with Crippen LogP contribution in [0.25, 0.3) is 0 Å². The molecule has 2 N–H and O–H groups in total. The Hall–Kier alpha value is -3.21. The Morgan fingerprint density at radius 3 is 2.61 bits per heavy atom. The summed E-state index contributed by atoms with van der Waals surface area (Å²) in [5.74, 6) is 0.567.